The Labute approximate surface area is 187 Å². The summed E-state index contributed by atoms with van der Waals surface area (Å²) in [7, 11) is 0. The van der Waals surface area contributed by atoms with Gasteiger partial charge in [0.25, 0.3) is 0 Å². The normalized spacial score (nSPS) is 16.6. The van der Waals surface area contributed by atoms with Crippen molar-refractivity contribution in [3.8, 4) is 17.0 Å². The fourth-order valence-electron chi connectivity index (χ4n) is 3.98. The Bertz CT molecular complexity index is 1390. The number of fused-ring (bicyclic) bond motifs is 1. The summed E-state index contributed by atoms with van der Waals surface area (Å²) in [6, 6.07) is 14.8. The first-order chi connectivity index (χ1) is 16.1. The van der Waals surface area contributed by atoms with E-state index in [1.807, 2.05) is 30.3 Å². The minimum Gasteiger partial charge on any atom is -0.441 e. The molecule has 1 aliphatic rings. The summed E-state index contributed by atoms with van der Waals surface area (Å²) in [5.41, 5.74) is 9.66. The van der Waals surface area contributed by atoms with Crippen molar-refractivity contribution in [1.29, 1.82) is 0 Å². The van der Waals surface area contributed by atoms with Crippen LogP contribution in [0.4, 0.5) is 8.78 Å². The van der Waals surface area contributed by atoms with Gasteiger partial charge < -0.3 is 10.5 Å². The largest absolute Gasteiger partial charge is 0.441 e. The maximum absolute atomic E-state index is 12.6. The van der Waals surface area contributed by atoms with Gasteiger partial charge in [-0.05, 0) is 34.9 Å². The SMILES string of the molecule is NC1=NC(c2cccc(-c3cncnc3)c2)(c2ccnc(OC=C(F)F)c2)c2cccnc21. The number of nitrogens with zero attached hydrogens (tertiary/aromatic N) is 5. The molecular weight excluding hydrogens is 426 g/mol. The highest BCUT2D eigenvalue weighted by Crippen LogP contribution is 2.46. The van der Waals surface area contributed by atoms with Crippen molar-refractivity contribution >= 4 is 5.84 Å². The minimum absolute atomic E-state index is 0.00148. The number of amidine groups is 1. The van der Waals surface area contributed by atoms with E-state index in [9.17, 15) is 8.78 Å². The molecule has 4 aromatic rings. The number of halogens is 2. The van der Waals surface area contributed by atoms with Crippen LogP contribution in [0, 0.1) is 0 Å². The summed E-state index contributed by atoms with van der Waals surface area (Å²) in [5, 5.41) is 0. The lowest BCUT2D eigenvalue weighted by Gasteiger charge is -2.29. The van der Waals surface area contributed by atoms with Crippen LogP contribution in [-0.2, 0) is 5.54 Å². The molecule has 1 unspecified atom stereocenters. The molecular formula is C24H16F2N6O. The quantitative estimate of drug-likeness (QED) is 0.468. The molecule has 5 rings (SSSR count). The third-order valence-corrected chi connectivity index (χ3v) is 5.32. The van der Waals surface area contributed by atoms with Gasteiger partial charge in [-0.25, -0.2) is 19.9 Å². The fourth-order valence-corrected chi connectivity index (χ4v) is 3.98. The molecule has 1 aliphatic heterocycles. The van der Waals surface area contributed by atoms with E-state index in [0.717, 1.165) is 22.3 Å². The summed E-state index contributed by atoms with van der Waals surface area (Å²) in [5.74, 6) is 0.270. The van der Waals surface area contributed by atoms with Gasteiger partial charge in [-0.15, -0.1) is 0 Å². The van der Waals surface area contributed by atoms with Crippen molar-refractivity contribution in [2.45, 2.75) is 5.54 Å². The zero-order valence-corrected chi connectivity index (χ0v) is 17.1. The molecule has 1 aromatic carbocycles. The highest BCUT2D eigenvalue weighted by Gasteiger charge is 2.44. The highest BCUT2D eigenvalue weighted by molar-refractivity contribution is 6.01. The highest BCUT2D eigenvalue weighted by atomic mass is 19.3. The second kappa shape index (κ2) is 8.19. The number of aliphatic imine (C=N–C) groups is 1. The molecule has 0 radical (unpaired) electrons. The van der Waals surface area contributed by atoms with Crippen molar-refractivity contribution < 1.29 is 13.5 Å². The van der Waals surface area contributed by atoms with Gasteiger partial charge in [-0.2, -0.15) is 8.78 Å². The van der Waals surface area contributed by atoms with E-state index < -0.39 is 11.6 Å². The maximum atomic E-state index is 12.6. The standard InChI is InChI=1S/C24H16F2N6O/c25-20(26)13-33-21-10-18(6-8-30-21)24(19-5-2-7-31-22(19)23(27)32-24)17-4-1-3-15(9-17)16-11-28-14-29-12-16/h1-14H,(H2,27,32). The molecule has 0 amide bonds. The van der Waals surface area contributed by atoms with Crippen LogP contribution in [0.2, 0.25) is 0 Å². The molecule has 7 nitrogen and oxygen atoms in total. The van der Waals surface area contributed by atoms with Crippen LogP contribution in [0.15, 0.2) is 97.0 Å². The molecule has 0 fully saturated rings. The molecule has 4 heterocycles. The third-order valence-electron chi connectivity index (χ3n) is 5.32. The van der Waals surface area contributed by atoms with Gasteiger partial charge in [-0.1, -0.05) is 24.3 Å². The van der Waals surface area contributed by atoms with Crippen LogP contribution in [0.5, 0.6) is 5.88 Å². The number of rotatable bonds is 5. The molecule has 0 saturated carbocycles. The van der Waals surface area contributed by atoms with E-state index in [4.69, 9.17) is 15.5 Å². The molecule has 3 aromatic heterocycles. The van der Waals surface area contributed by atoms with Crippen LogP contribution in [-0.4, -0.2) is 25.8 Å². The van der Waals surface area contributed by atoms with Crippen molar-refractivity contribution in [2.24, 2.45) is 10.7 Å². The summed E-state index contributed by atoms with van der Waals surface area (Å²) in [6.07, 6.45) is 6.40. The van der Waals surface area contributed by atoms with Crippen molar-refractivity contribution in [1.82, 2.24) is 19.9 Å². The van der Waals surface area contributed by atoms with Gasteiger partial charge in [0.2, 0.25) is 5.88 Å². The van der Waals surface area contributed by atoms with Gasteiger partial charge in [0, 0.05) is 42.0 Å². The van der Waals surface area contributed by atoms with E-state index in [0.29, 0.717) is 17.5 Å². The summed E-state index contributed by atoms with van der Waals surface area (Å²) in [4.78, 5) is 21.5. The summed E-state index contributed by atoms with van der Waals surface area (Å²) >= 11 is 0. The Morgan fingerprint density at radius 3 is 2.55 bits per heavy atom. The molecule has 2 N–H and O–H groups in total. The zero-order valence-electron chi connectivity index (χ0n) is 17.1. The van der Waals surface area contributed by atoms with Gasteiger partial charge in [0.15, 0.2) is 6.26 Å². The lowest BCUT2D eigenvalue weighted by molar-refractivity contribution is 0.359. The number of nitrogens with two attached hydrogens (primary N) is 1. The van der Waals surface area contributed by atoms with Crippen LogP contribution < -0.4 is 10.5 Å². The molecule has 0 spiro atoms. The maximum Gasteiger partial charge on any atom is 0.305 e. The number of hydrogen-bond acceptors (Lipinski definition) is 7. The summed E-state index contributed by atoms with van der Waals surface area (Å²) in [6.45, 7) is 0. The van der Waals surface area contributed by atoms with Gasteiger partial charge in [0.1, 0.15) is 23.4 Å². The van der Waals surface area contributed by atoms with E-state index in [2.05, 4.69) is 19.9 Å². The Morgan fingerprint density at radius 1 is 0.909 bits per heavy atom. The smallest absolute Gasteiger partial charge is 0.305 e. The van der Waals surface area contributed by atoms with E-state index in [-0.39, 0.29) is 11.7 Å². The second-order valence-electron chi connectivity index (χ2n) is 7.22. The minimum atomic E-state index is -1.97. The molecule has 9 heteroatoms. The van der Waals surface area contributed by atoms with Crippen molar-refractivity contribution in [3.63, 3.8) is 0 Å². The molecule has 0 saturated heterocycles. The molecule has 162 valence electrons. The molecule has 0 bridgehead atoms. The number of hydrogen-bond donors (Lipinski definition) is 1. The van der Waals surface area contributed by atoms with Crippen molar-refractivity contribution in [2.75, 3.05) is 0 Å². The van der Waals surface area contributed by atoms with Gasteiger partial charge in [0.05, 0.1) is 0 Å². The lowest BCUT2D eigenvalue weighted by Crippen LogP contribution is -2.25. The molecule has 0 aliphatic carbocycles. The summed E-state index contributed by atoms with van der Waals surface area (Å²) < 4.78 is 30.2. The van der Waals surface area contributed by atoms with Gasteiger partial charge >= 0.3 is 6.08 Å². The van der Waals surface area contributed by atoms with Crippen LogP contribution >= 0.6 is 0 Å². The average molecular weight is 442 g/mol. The Hall–Kier alpha value is -4.53. The van der Waals surface area contributed by atoms with E-state index in [1.165, 1.54) is 12.5 Å². The molecule has 1 atom stereocenters. The number of ether oxygens (including phenoxy) is 1. The van der Waals surface area contributed by atoms with Crippen LogP contribution in [0.3, 0.4) is 0 Å². The van der Waals surface area contributed by atoms with E-state index in [1.54, 1.807) is 36.8 Å². The average Bonchev–Trinajstić information content (AvgIpc) is 3.17. The van der Waals surface area contributed by atoms with Crippen LogP contribution in [0.25, 0.3) is 11.1 Å². The predicted octanol–water partition coefficient (Wildman–Crippen LogP) is 4.06. The Balaban J connectivity index is 1.74. The number of aromatic nitrogens is 4. The zero-order chi connectivity index (χ0) is 22.8. The lowest BCUT2D eigenvalue weighted by atomic mass is 9.78. The second-order valence-corrected chi connectivity index (χ2v) is 7.22. The fraction of sp³-hybridized carbons (Fsp3) is 0.0417. The van der Waals surface area contributed by atoms with Crippen molar-refractivity contribution in [3.05, 3.63) is 114 Å². The first kappa shape index (κ1) is 20.4. The number of benzene rings is 1. The predicted molar refractivity (Wildman–Crippen MR) is 117 cm³/mol. The number of pyridine rings is 2. The first-order valence-electron chi connectivity index (χ1n) is 9.89. The van der Waals surface area contributed by atoms with Crippen LogP contribution in [0.1, 0.15) is 22.4 Å². The Morgan fingerprint density at radius 2 is 1.73 bits per heavy atom. The van der Waals surface area contributed by atoms with Gasteiger partial charge in [-0.3, -0.25) is 4.98 Å². The topological polar surface area (TPSA) is 99.2 Å². The van der Waals surface area contributed by atoms with E-state index >= 15 is 0 Å². The monoisotopic (exact) mass is 442 g/mol. The third kappa shape index (κ3) is 3.59. The first-order valence-corrected chi connectivity index (χ1v) is 9.89. The Kier molecular flexibility index (Phi) is 5.06. The molecule has 33 heavy (non-hydrogen) atoms.